The fourth-order valence-electron chi connectivity index (χ4n) is 2.64. The predicted octanol–water partition coefficient (Wildman–Crippen LogP) is 2.99. The Morgan fingerprint density at radius 1 is 1.39 bits per heavy atom. The van der Waals surface area contributed by atoms with E-state index in [1.165, 1.54) is 31.7 Å². The second-order valence-corrected chi connectivity index (χ2v) is 5.40. The third-order valence-electron chi connectivity index (χ3n) is 3.89. The maximum Gasteiger partial charge on any atom is 0.371 e. The highest BCUT2D eigenvalue weighted by atomic mass is 16.4. The summed E-state index contributed by atoms with van der Waals surface area (Å²) in [6.45, 7) is 2.99. The topological polar surface area (TPSA) is 53.7 Å². The van der Waals surface area contributed by atoms with Crippen LogP contribution < -0.4 is 0 Å². The average Bonchev–Trinajstić information content (AvgIpc) is 2.78. The fraction of sp³-hybridized carbons (Fsp3) is 0.643. The van der Waals surface area contributed by atoms with Crippen molar-refractivity contribution >= 4 is 5.97 Å². The third kappa shape index (κ3) is 3.13. The molecule has 1 heterocycles. The Balaban J connectivity index is 1.90. The van der Waals surface area contributed by atoms with Crippen molar-refractivity contribution in [2.45, 2.75) is 45.2 Å². The number of carbonyl (C=O) groups is 1. The van der Waals surface area contributed by atoms with Crippen molar-refractivity contribution < 1.29 is 14.3 Å². The summed E-state index contributed by atoms with van der Waals surface area (Å²) >= 11 is 0. The van der Waals surface area contributed by atoms with Gasteiger partial charge >= 0.3 is 5.97 Å². The van der Waals surface area contributed by atoms with Gasteiger partial charge in [0.15, 0.2) is 0 Å². The van der Waals surface area contributed by atoms with Gasteiger partial charge in [0, 0.05) is 6.04 Å². The normalized spacial score (nSPS) is 24.4. The van der Waals surface area contributed by atoms with Gasteiger partial charge in [0.25, 0.3) is 0 Å². The van der Waals surface area contributed by atoms with Crippen molar-refractivity contribution in [2.24, 2.45) is 5.92 Å². The van der Waals surface area contributed by atoms with Crippen LogP contribution >= 0.6 is 0 Å². The first-order chi connectivity index (χ1) is 8.56. The molecule has 0 saturated heterocycles. The Kier molecular flexibility index (Phi) is 4.07. The Labute approximate surface area is 108 Å². The molecule has 0 amide bonds. The van der Waals surface area contributed by atoms with Crippen molar-refractivity contribution in [3.8, 4) is 0 Å². The van der Waals surface area contributed by atoms with Crippen LogP contribution in [0.25, 0.3) is 0 Å². The predicted molar refractivity (Wildman–Crippen MR) is 68.6 cm³/mol. The summed E-state index contributed by atoms with van der Waals surface area (Å²) in [5.74, 6) is 0.594. The number of furan rings is 1. The Morgan fingerprint density at radius 3 is 2.61 bits per heavy atom. The number of carboxylic acid groups (broad SMARTS) is 1. The lowest BCUT2D eigenvalue weighted by Crippen LogP contribution is -2.34. The van der Waals surface area contributed by atoms with Gasteiger partial charge in [-0.1, -0.05) is 6.92 Å². The highest BCUT2D eigenvalue weighted by Crippen LogP contribution is 2.27. The molecule has 1 aromatic heterocycles. The van der Waals surface area contributed by atoms with Gasteiger partial charge in [-0.3, -0.25) is 4.90 Å². The highest BCUT2D eigenvalue weighted by Gasteiger charge is 2.22. The first kappa shape index (κ1) is 13.1. The van der Waals surface area contributed by atoms with Gasteiger partial charge < -0.3 is 9.52 Å². The lowest BCUT2D eigenvalue weighted by atomic mass is 9.87. The van der Waals surface area contributed by atoms with Crippen LogP contribution in [0.1, 0.15) is 48.9 Å². The van der Waals surface area contributed by atoms with Gasteiger partial charge in [-0.15, -0.1) is 0 Å². The number of rotatable bonds is 4. The first-order valence-electron chi connectivity index (χ1n) is 6.58. The zero-order valence-corrected chi connectivity index (χ0v) is 11.1. The van der Waals surface area contributed by atoms with Crippen LogP contribution in [-0.2, 0) is 6.54 Å². The SMILES string of the molecule is CC1CCC(N(C)Cc2ccc(C(=O)O)o2)CC1. The second-order valence-electron chi connectivity index (χ2n) is 5.40. The molecule has 4 nitrogen and oxygen atoms in total. The van der Waals surface area contributed by atoms with Gasteiger partial charge in [0.05, 0.1) is 6.54 Å². The lowest BCUT2D eigenvalue weighted by molar-refractivity contribution is 0.0657. The molecular formula is C14H21NO3. The molecule has 1 N–H and O–H groups in total. The lowest BCUT2D eigenvalue weighted by Gasteiger charge is -2.33. The van der Waals surface area contributed by atoms with Crippen LogP contribution in [0, 0.1) is 5.92 Å². The summed E-state index contributed by atoms with van der Waals surface area (Å²) in [6, 6.07) is 3.87. The molecule has 4 heteroatoms. The minimum absolute atomic E-state index is 0.0238. The number of hydrogen-bond donors (Lipinski definition) is 1. The van der Waals surface area contributed by atoms with E-state index in [0.29, 0.717) is 12.6 Å². The molecule has 1 saturated carbocycles. The zero-order valence-electron chi connectivity index (χ0n) is 11.1. The smallest absolute Gasteiger partial charge is 0.371 e. The van der Waals surface area contributed by atoms with Crippen LogP contribution in [0.2, 0.25) is 0 Å². The van der Waals surface area contributed by atoms with Crippen LogP contribution in [0.3, 0.4) is 0 Å². The van der Waals surface area contributed by atoms with Gasteiger partial charge in [0.1, 0.15) is 5.76 Å². The molecule has 0 aromatic carbocycles. The van der Waals surface area contributed by atoms with Crippen molar-refractivity contribution in [1.29, 1.82) is 0 Å². The van der Waals surface area contributed by atoms with E-state index in [0.717, 1.165) is 11.7 Å². The zero-order chi connectivity index (χ0) is 13.1. The molecule has 0 unspecified atom stereocenters. The molecule has 1 aliphatic rings. The standard InChI is InChI=1S/C14H21NO3/c1-10-3-5-11(6-4-10)15(2)9-12-7-8-13(18-12)14(16)17/h7-8,10-11H,3-6,9H2,1-2H3,(H,16,17). The van der Waals surface area contributed by atoms with E-state index >= 15 is 0 Å². The summed E-state index contributed by atoms with van der Waals surface area (Å²) < 4.78 is 5.29. The minimum Gasteiger partial charge on any atom is -0.475 e. The molecule has 0 bridgehead atoms. The summed E-state index contributed by atoms with van der Waals surface area (Å²) in [5, 5.41) is 8.80. The van der Waals surface area contributed by atoms with Crippen molar-refractivity contribution in [3.63, 3.8) is 0 Å². The molecule has 1 aromatic rings. The monoisotopic (exact) mass is 251 g/mol. The summed E-state index contributed by atoms with van der Waals surface area (Å²) in [4.78, 5) is 13.0. The first-order valence-corrected chi connectivity index (χ1v) is 6.58. The van der Waals surface area contributed by atoms with E-state index in [-0.39, 0.29) is 5.76 Å². The van der Waals surface area contributed by atoms with Gasteiger partial charge in [-0.2, -0.15) is 0 Å². The molecule has 1 fully saturated rings. The number of hydrogen-bond acceptors (Lipinski definition) is 3. The van der Waals surface area contributed by atoms with Crippen molar-refractivity contribution in [3.05, 3.63) is 23.7 Å². The molecule has 100 valence electrons. The molecular weight excluding hydrogens is 230 g/mol. The van der Waals surface area contributed by atoms with Gasteiger partial charge in [-0.25, -0.2) is 4.79 Å². The van der Waals surface area contributed by atoms with Crippen molar-refractivity contribution in [2.75, 3.05) is 7.05 Å². The molecule has 2 rings (SSSR count). The quantitative estimate of drug-likeness (QED) is 0.893. The number of carboxylic acids is 1. The van der Waals surface area contributed by atoms with E-state index < -0.39 is 5.97 Å². The van der Waals surface area contributed by atoms with E-state index in [4.69, 9.17) is 9.52 Å². The highest BCUT2D eigenvalue weighted by molar-refractivity contribution is 5.84. The van der Waals surface area contributed by atoms with E-state index in [1.807, 2.05) is 0 Å². The Bertz CT molecular complexity index is 405. The average molecular weight is 251 g/mol. The van der Waals surface area contributed by atoms with Gasteiger partial charge in [-0.05, 0) is 50.8 Å². The summed E-state index contributed by atoms with van der Waals surface area (Å²) in [7, 11) is 2.09. The van der Waals surface area contributed by atoms with Crippen LogP contribution in [0.15, 0.2) is 16.5 Å². The largest absolute Gasteiger partial charge is 0.475 e. The second kappa shape index (κ2) is 5.57. The molecule has 0 atom stereocenters. The van der Waals surface area contributed by atoms with Crippen LogP contribution in [0.5, 0.6) is 0 Å². The molecule has 18 heavy (non-hydrogen) atoms. The fourth-order valence-corrected chi connectivity index (χ4v) is 2.64. The minimum atomic E-state index is -1.00. The molecule has 0 radical (unpaired) electrons. The molecule has 1 aliphatic carbocycles. The van der Waals surface area contributed by atoms with E-state index in [2.05, 4.69) is 18.9 Å². The van der Waals surface area contributed by atoms with Gasteiger partial charge in [0.2, 0.25) is 5.76 Å². The molecule has 0 spiro atoms. The van der Waals surface area contributed by atoms with E-state index in [9.17, 15) is 4.79 Å². The maximum absolute atomic E-state index is 10.7. The third-order valence-corrected chi connectivity index (χ3v) is 3.89. The Hall–Kier alpha value is -1.29. The van der Waals surface area contributed by atoms with E-state index in [1.54, 1.807) is 6.07 Å². The molecule has 0 aliphatic heterocycles. The maximum atomic E-state index is 10.7. The van der Waals surface area contributed by atoms with Crippen LogP contribution in [0.4, 0.5) is 0 Å². The Morgan fingerprint density at radius 2 is 2.06 bits per heavy atom. The number of nitrogens with zero attached hydrogens (tertiary/aromatic N) is 1. The summed E-state index contributed by atoms with van der Waals surface area (Å²) in [6.07, 6.45) is 5.02. The van der Waals surface area contributed by atoms with Crippen molar-refractivity contribution in [1.82, 2.24) is 4.90 Å². The number of aromatic carboxylic acids is 1. The summed E-state index contributed by atoms with van der Waals surface area (Å²) in [5.41, 5.74) is 0. The van der Waals surface area contributed by atoms with Crippen LogP contribution in [-0.4, -0.2) is 29.1 Å².